The Labute approximate surface area is 125 Å². The molecule has 5 atom stereocenters. The van der Waals surface area contributed by atoms with Gasteiger partial charge in [-0.3, -0.25) is 4.79 Å². The first-order chi connectivity index (χ1) is 9.96. The lowest BCUT2D eigenvalue weighted by molar-refractivity contribution is -0.123. The highest BCUT2D eigenvalue weighted by Crippen LogP contribution is 2.59. The zero-order chi connectivity index (χ0) is 16.5. The third-order valence-corrected chi connectivity index (χ3v) is 8.49. The fourth-order valence-corrected chi connectivity index (χ4v) is 7.41. The van der Waals surface area contributed by atoms with Crippen LogP contribution < -0.4 is 0 Å². The van der Waals surface area contributed by atoms with Crippen molar-refractivity contribution in [3.63, 3.8) is 0 Å². The van der Waals surface area contributed by atoms with E-state index < -0.39 is 48.4 Å². The van der Waals surface area contributed by atoms with Crippen LogP contribution in [0.25, 0.3) is 4.13 Å². The second-order valence-corrected chi connectivity index (χ2v) is 9.65. The molecule has 0 N–H and O–H groups in total. The molecule has 0 aromatic carbocycles. The van der Waals surface area contributed by atoms with Gasteiger partial charge in [-0.05, 0) is 37.0 Å². The average Bonchev–Trinajstić information content (AvgIpc) is 2.94. The highest BCUT2D eigenvalue weighted by atomic mass is 32.3. The molecule has 3 aliphatic rings. The Morgan fingerprint density at radius 1 is 1.00 bits per heavy atom. The number of carbonyl (C=O) groups is 1. The summed E-state index contributed by atoms with van der Waals surface area (Å²) in [6, 6.07) is 0. The van der Waals surface area contributed by atoms with Gasteiger partial charge in [-0.1, -0.05) is 6.42 Å². The van der Waals surface area contributed by atoms with Crippen LogP contribution in [0.4, 0.5) is 13.2 Å². The van der Waals surface area contributed by atoms with Crippen molar-refractivity contribution >= 4 is 25.8 Å². The molecule has 6 nitrogen and oxygen atoms in total. The molecule has 3 fully saturated rings. The minimum atomic E-state index is -6.17. The molecule has 0 spiro atoms. The number of hydrogen-bond donors (Lipinski definition) is 0. The van der Waals surface area contributed by atoms with Gasteiger partial charge < -0.3 is 4.13 Å². The Morgan fingerprint density at radius 2 is 1.59 bits per heavy atom. The van der Waals surface area contributed by atoms with Crippen molar-refractivity contribution in [3.8, 4) is 0 Å². The predicted octanol–water partition coefficient (Wildman–Crippen LogP) is 1.54. The summed E-state index contributed by atoms with van der Waals surface area (Å²) in [7, 11) is -11.2. The summed E-state index contributed by atoms with van der Waals surface area (Å²) in [6.45, 7) is 0. The maximum absolute atomic E-state index is 12.3. The largest absolute Gasteiger partial charge is 0.480 e. The number of rotatable bonds is 3. The summed E-state index contributed by atoms with van der Waals surface area (Å²) in [5.41, 5.74) is -5.80. The Bertz CT molecular complexity index is 714. The van der Waals surface area contributed by atoms with E-state index in [1.54, 1.807) is 0 Å². The molecular weight excluding hydrogens is 347 g/mol. The van der Waals surface area contributed by atoms with Crippen molar-refractivity contribution in [2.45, 2.75) is 36.4 Å². The van der Waals surface area contributed by atoms with Crippen LogP contribution in [0.5, 0.6) is 0 Å². The van der Waals surface area contributed by atoms with Gasteiger partial charge in [-0.25, -0.2) is 16.8 Å². The summed E-state index contributed by atoms with van der Waals surface area (Å²) >= 11 is 0. The van der Waals surface area contributed by atoms with Gasteiger partial charge in [0, 0.05) is 5.92 Å². The molecule has 3 saturated carbocycles. The van der Waals surface area contributed by atoms with Gasteiger partial charge >= 0.3 is 5.51 Å². The lowest BCUT2D eigenvalue weighted by Crippen LogP contribution is -2.42. The van der Waals surface area contributed by atoms with E-state index in [2.05, 4.69) is 4.13 Å². The number of alkyl halides is 3. The van der Waals surface area contributed by atoms with Crippen molar-refractivity contribution in [2.75, 3.05) is 0 Å². The van der Waals surface area contributed by atoms with Crippen LogP contribution in [-0.2, 0) is 24.8 Å². The first kappa shape index (κ1) is 16.2. The number of sulfonamides is 2. The van der Waals surface area contributed by atoms with E-state index in [0.717, 1.165) is 19.3 Å². The van der Waals surface area contributed by atoms with E-state index in [1.165, 1.54) is 0 Å². The van der Waals surface area contributed by atoms with E-state index in [0.29, 0.717) is 6.42 Å². The summed E-state index contributed by atoms with van der Waals surface area (Å²) in [5.74, 6) is -1.72. The van der Waals surface area contributed by atoms with Gasteiger partial charge in [0.1, 0.15) is 5.25 Å². The second-order valence-electron chi connectivity index (χ2n) is 6.10. The number of halogens is 3. The molecule has 3 rings (SSSR count). The molecular formula is C11H13F3NO5S2-. The third-order valence-electron chi connectivity index (χ3n) is 5.07. The fourth-order valence-electron chi connectivity index (χ4n) is 4.38. The van der Waals surface area contributed by atoms with Crippen LogP contribution in [-0.4, -0.2) is 33.4 Å². The van der Waals surface area contributed by atoms with E-state index in [9.17, 15) is 34.8 Å². The lowest BCUT2D eigenvalue weighted by atomic mass is 9.81. The molecule has 126 valence electrons. The summed E-state index contributed by atoms with van der Waals surface area (Å²) < 4.78 is 85.0. The van der Waals surface area contributed by atoms with E-state index in [4.69, 9.17) is 0 Å². The van der Waals surface area contributed by atoms with Gasteiger partial charge in [0.05, 0.1) is 10.0 Å². The normalized spacial score (nSPS) is 38.5. The van der Waals surface area contributed by atoms with Gasteiger partial charge in [0.25, 0.3) is 0 Å². The lowest BCUT2D eigenvalue weighted by Gasteiger charge is -2.34. The quantitative estimate of drug-likeness (QED) is 0.760. The van der Waals surface area contributed by atoms with Crippen LogP contribution in [0.1, 0.15) is 25.7 Å². The Kier molecular flexibility index (Phi) is 3.43. The zero-order valence-electron chi connectivity index (χ0n) is 11.2. The zero-order valence-corrected chi connectivity index (χ0v) is 12.8. The van der Waals surface area contributed by atoms with E-state index >= 15 is 0 Å². The Morgan fingerprint density at radius 3 is 2.18 bits per heavy atom. The molecule has 0 aliphatic heterocycles. The van der Waals surface area contributed by atoms with E-state index in [-0.39, 0.29) is 11.8 Å². The number of Topliss-reactive ketones (excluding diaryl/α,β-unsaturated/α-hetero) is 1. The van der Waals surface area contributed by atoms with Gasteiger partial charge in [0.2, 0.25) is 0 Å². The average molecular weight is 360 g/mol. The van der Waals surface area contributed by atoms with Crippen molar-refractivity contribution < 1.29 is 34.8 Å². The van der Waals surface area contributed by atoms with Gasteiger partial charge in [0.15, 0.2) is 15.8 Å². The topological polar surface area (TPSA) is 99.4 Å². The van der Waals surface area contributed by atoms with Crippen molar-refractivity contribution in [1.82, 2.24) is 0 Å². The van der Waals surface area contributed by atoms with Crippen molar-refractivity contribution in [2.24, 2.45) is 23.7 Å². The second kappa shape index (κ2) is 4.67. The number of fused-ring (bicyclic) bond motifs is 5. The van der Waals surface area contributed by atoms with Gasteiger partial charge in [-0.2, -0.15) is 13.2 Å². The highest BCUT2D eigenvalue weighted by molar-refractivity contribution is 8.13. The molecule has 0 aromatic rings. The minimum Gasteiger partial charge on any atom is -0.428 e. The Hall–Kier alpha value is -0.680. The molecule has 0 saturated heterocycles. The van der Waals surface area contributed by atoms with Crippen LogP contribution in [0.3, 0.4) is 0 Å². The third kappa shape index (κ3) is 2.20. The fraction of sp³-hybridized carbons (Fsp3) is 0.909. The minimum absolute atomic E-state index is 0.0359. The molecule has 22 heavy (non-hydrogen) atoms. The number of ketones is 1. The summed E-state index contributed by atoms with van der Waals surface area (Å²) in [6.07, 6.45) is 2.68. The maximum Gasteiger partial charge on any atom is 0.480 e. The Balaban J connectivity index is 1.90. The molecule has 0 aromatic heterocycles. The number of nitrogens with zero attached hydrogens (tertiary/aromatic N) is 1. The highest BCUT2D eigenvalue weighted by Gasteiger charge is 2.61. The molecule has 5 unspecified atom stereocenters. The predicted molar refractivity (Wildman–Crippen MR) is 68.5 cm³/mol. The maximum atomic E-state index is 12.3. The SMILES string of the molecule is O=C1C2CC(C3CCCC23)C1S(=O)(=O)[N-]S(=O)(=O)C(F)(F)F. The molecule has 3 aliphatic carbocycles. The first-order valence-electron chi connectivity index (χ1n) is 6.79. The summed E-state index contributed by atoms with van der Waals surface area (Å²) in [5, 5.41) is -1.74. The van der Waals surface area contributed by atoms with Crippen molar-refractivity contribution in [1.29, 1.82) is 0 Å². The standard InChI is InChI=1S/C11H13F3NO5S2/c12-11(13,14)22(19,20)15-21(17,18)10-8-4-7(9(10)16)5-2-1-3-6(5)8/h5-8,10H,1-4H2/q-1. The number of hydrogen-bond acceptors (Lipinski definition) is 5. The van der Waals surface area contributed by atoms with Gasteiger partial charge in [-0.15, -0.1) is 0 Å². The smallest absolute Gasteiger partial charge is 0.428 e. The van der Waals surface area contributed by atoms with Crippen molar-refractivity contribution in [3.05, 3.63) is 4.13 Å². The first-order valence-corrected chi connectivity index (χ1v) is 9.73. The van der Waals surface area contributed by atoms with Crippen LogP contribution >= 0.6 is 0 Å². The van der Waals surface area contributed by atoms with Crippen LogP contribution in [0.2, 0.25) is 0 Å². The molecule has 0 radical (unpaired) electrons. The molecule has 2 bridgehead atoms. The molecule has 0 heterocycles. The van der Waals surface area contributed by atoms with Crippen LogP contribution in [0, 0.1) is 23.7 Å². The van der Waals surface area contributed by atoms with E-state index in [1.807, 2.05) is 0 Å². The monoisotopic (exact) mass is 360 g/mol. The molecule has 11 heteroatoms. The van der Waals surface area contributed by atoms with Crippen LogP contribution in [0.15, 0.2) is 0 Å². The summed E-state index contributed by atoms with van der Waals surface area (Å²) in [4.78, 5) is 12.2. The number of carbonyl (C=O) groups excluding carboxylic acids is 1. The molecule has 0 amide bonds.